The Morgan fingerprint density at radius 3 is 3.12 bits per heavy atom. The summed E-state index contributed by atoms with van der Waals surface area (Å²) in [5, 5.41) is 9.80. The Kier molecular flexibility index (Phi) is 3.81. The van der Waals surface area contributed by atoms with Crippen LogP contribution in [0.15, 0.2) is 6.20 Å². The summed E-state index contributed by atoms with van der Waals surface area (Å²) in [6.45, 7) is 1.64. The van der Waals surface area contributed by atoms with Crippen LogP contribution in [0.4, 0.5) is 5.82 Å². The van der Waals surface area contributed by atoms with E-state index >= 15 is 0 Å². The molecule has 0 bridgehead atoms. The van der Waals surface area contributed by atoms with Crippen molar-refractivity contribution in [2.75, 3.05) is 31.3 Å². The van der Waals surface area contributed by atoms with Gasteiger partial charge in [0.2, 0.25) is 5.28 Å². The zero-order chi connectivity index (χ0) is 11.5. The monoisotopic (exact) mass is 263 g/mol. The van der Waals surface area contributed by atoms with E-state index in [1.807, 2.05) is 4.90 Å². The van der Waals surface area contributed by atoms with Gasteiger partial charge in [-0.05, 0) is 11.6 Å². The molecule has 1 unspecified atom stereocenters. The fourth-order valence-electron chi connectivity index (χ4n) is 1.62. The van der Waals surface area contributed by atoms with Crippen molar-refractivity contribution in [2.45, 2.75) is 6.04 Å². The third-order valence-corrected chi connectivity index (χ3v) is 2.86. The van der Waals surface area contributed by atoms with Crippen molar-refractivity contribution in [3.8, 4) is 0 Å². The second-order valence-electron chi connectivity index (χ2n) is 3.42. The van der Waals surface area contributed by atoms with Gasteiger partial charge in [0.1, 0.15) is 5.02 Å². The van der Waals surface area contributed by atoms with Gasteiger partial charge in [0.05, 0.1) is 32.1 Å². The van der Waals surface area contributed by atoms with E-state index < -0.39 is 0 Å². The van der Waals surface area contributed by atoms with E-state index in [-0.39, 0.29) is 17.9 Å². The molecule has 2 rings (SSSR count). The molecule has 1 N–H and O–H groups in total. The second-order valence-corrected chi connectivity index (χ2v) is 4.16. The number of aliphatic hydroxyl groups is 1. The zero-order valence-electron chi connectivity index (χ0n) is 8.44. The number of aromatic nitrogens is 2. The van der Waals surface area contributed by atoms with E-state index in [0.29, 0.717) is 30.6 Å². The van der Waals surface area contributed by atoms with E-state index in [0.717, 1.165) is 0 Å². The molecule has 1 fully saturated rings. The molecule has 16 heavy (non-hydrogen) atoms. The van der Waals surface area contributed by atoms with Crippen LogP contribution in [0.2, 0.25) is 10.3 Å². The zero-order valence-corrected chi connectivity index (χ0v) is 9.95. The van der Waals surface area contributed by atoms with E-state index in [4.69, 9.17) is 27.9 Å². The van der Waals surface area contributed by atoms with Gasteiger partial charge in [-0.2, -0.15) is 4.98 Å². The van der Waals surface area contributed by atoms with E-state index in [1.165, 1.54) is 6.20 Å². The minimum atomic E-state index is -0.141. The van der Waals surface area contributed by atoms with Crippen LogP contribution in [0.5, 0.6) is 0 Å². The number of morpholine rings is 1. The van der Waals surface area contributed by atoms with Gasteiger partial charge >= 0.3 is 0 Å². The van der Waals surface area contributed by atoms with Crippen molar-refractivity contribution in [3.63, 3.8) is 0 Å². The molecule has 0 aromatic carbocycles. The Labute approximate surface area is 103 Å². The van der Waals surface area contributed by atoms with Gasteiger partial charge in [0.25, 0.3) is 0 Å². The van der Waals surface area contributed by atoms with Gasteiger partial charge in [-0.3, -0.25) is 0 Å². The summed E-state index contributed by atoms with van der Waals surface area (Å²) in [5.41, 5.74) is 0. The summed E-state index contributed by atoms with van der Waals surface area (Å²) >= 11 is 11.7. The number of halogens is 2. The molecule has 7 heteroatoms. The lowest BCUT2D eigenvalue weighted by Crippen LogP contribution is -2.48. The topological polar surface area (TPSA) is 58.5 Å². The second kappa shape index (κ2) is 5.14. The quantitative estimate of drug-likeness (QED) is 0.807. The number of hydrogen-bond donors (Lipinski definition) is 1. The molecule has 0 saturated carbocycles. The summed E-state index contributed by atoms with van der Waals surface area (Å²) in [6.07, 6.45) is 1.45. The third-order valence-electron chi connectivity index (χ3n) is 2.41. The Hall–Kier alpha value is -0.620. The van der Waals surface area contributed by atoms with E-state index in [1.54, 1.807) is 0 Å². The summed E-state index contributed by atoms with van der Waals surface area (Å²) in [4.78, 5) is 9.75. The summed E-state index contributed by atoms with van der Waals surface area (Å²) in [6, 6.07) is -0.141. The highest BCUT2D eigenvalue weighted by Gasteiger charge is 2.25. The van der Waals surface area contributed by atoms with Crippen LogP contribution in [0.1, 0.15) is 0 Å². The third kappa shape index (κ3) is 2.38. The van der Waals surface area contributed by atoms with Crippen LogP contribution in [0, 0.1) is 0 Å². The molecule has 0 aliphatic carbocycles. The number of rotatable bonds is 2. The first-order chi connectivity index (χ1) is 7.72. The predicted octanol–water partition coefficient (Wildman–Crippen LogP) is 0.981. The largest absolute Gasteiger partial charge is 0.394 e. The van der Waals surface area contributed by atoms with Crippen LogP contribution in [-0.2, 0) is 4.74 Å². The maximum absolute atomic E-state index is 9.24. The van der Waals surface area contributed by atoms with Crippen LogP contribution >= 0.6 is 23.2 Å². The van der Waals surface area contributed by atoms with Gasteiger partial charge in [-0.25, -0.2) is 4.98 Å². The van der Waals surface area contributed by atoms with Crippen molar-refractivity contribution in [1.29, 1.82) is 0 Å². The normalized spacial score (nSPS) is 21.2. The molecule has 1 saturated heterocycles. The Balaban J connectivity index is 2.30. The van der Waals surface area contributed by atoms with E-state index in [9.17, 15) is 5.11 Å². The highest BCUT2D eigenvalue weighted by atomic mass is 35.5. The highest BCUT2D eigenvalue weighted by Crippen LogP contribution is 2.26. The van der Waals surface area contributed by atoms with Gasteiger partial charge in [-0.15, -0.1) is 0 Å². The van der Waals surface area contributed by atoms with Crippen LogP contribution in [0.25, 0.3) is 0 Å². The molecule has 0 amide bonds. The summed E-state index contributed by atoms with van der Waals surface area (Å²) in [5.74, 6) is 0.545. The molecule has 0 radical (unpaired) electrons. The fourth-order valence-corrected chi connectivity index (χ4v) is 1.95. The smallest absolute Gasteiger partial charge is 0.224 e. The summed E-state index contributed by atoms with van der Waals surface area (Å²) in [7, 11) is 0. The van der Waals surface area contributed by atoms with Crippen LogP contribution < -0.4 is 4.90 Å². The van der Waals surface area contributed by atoms with Crippen LogP contribution in [-0.4, -0.2) is 47.5 Å². The molecule has 1 atom stereocenters. The average Bonchev–Trinajstić information content (AvgIpc) is 2.32. The van der Waals surface area contributed by atoms with Gasteiger partial charge in [0.15, 0.2) is 5.82 Å². The average molecular weight is 264 g/mol. The SMILES string of the molecule is OCC1COCCN1c1nc(Cl)ncc1Cl. The molecule has 1 aliphatic rings. The number of aliphatic hydroxyl groups excluding tert-OH is 1. The minimum absolute atomic E-state index is 0.0159. The first kappa shape index (κ1) is 11.9. The molecule has 5 nitrogen and oxygen atoms in total. The fraction of sp³-hybridized carbons (Fsp3) is 0.556. The molecular formula is C9H11Cl2N3O2. The first-order valence-electron chi connectivity index (χ1n) is 4.85. The lowest BCUT2D eigenvalue weighted by atomic mass is 10.2. The van der Waals surface area contributed by atoms with Crippen molar-refractivity contribution < 1.29 is 9.84 Å². The molecule has 88 valence electrons. The first-order valence-corrected chi connectivity index (χ1v) is 5.61. The van der Waals surface area contributed by atoms with Gasteiger partial charge < -0.3 is 14.7 Å². The Morgan fingerprint density at radius 1 is 1.56 bits per heavy atom. The lowest BCUT2D eigenvalue weighted by molar-refractivity contribution is 0.0723. The molecule has 1 aromatic rings. The van der Waals surface area contributed by atoms with Crippen molar-refractivity contribution in [2.24, 2.45) is 0 Å². The minimum Gasteiger partial charge on any atom is -0.394 e. The Bertz CT molecular complexity index is 378. The van der Waals surface area contributed by atoms with Crippen molar-refractivity contribution in [1.82, 2.24) is 9.97 Å². The van der Waals surface area contributed by atoms with Gasteiger partial charge in [0, 0.05) is 6.54 Å². The maximum atomic E-state index is 9.24. The molecule has 1 aromatic heterocycles. The summed E-state index contributed by atoms with van der Waals surface area (Å²) < 4.78 is 5.27. The molecular weight excluding hydrogens is 253 g/mol. The standard InChI is InChI=1S/C9H11Cl2N3O2/c10-7-3-12-9(11)13-8(7)14-1-2-16-5-6(14)4-15/h3,6,15H,1-2,4-5H2. The maximum Gasteiger partial charge on any atom is 0.224 e. The number of anilines is 1. The molecule has 2 heterocycles. The number of hydrogen-bond acceptors (Lipinski definition) is 5. The highest BCUT2D eigenvalue weighted by molar-refractivity contribution is 6.33. The molecule has 0 spiro atoms. The lowest BCUT2D eigenvalue weighted by Gasteiger charge is -2.35. The van der Waals surface area contributed by atoms with Crippen molar-refractivity contribution in [3.05, 3.63) is 16.5 Å². The van der Waals surface area contributed by atoms with E-state index in [2.05, 4.69) is 9.97 Å². The molecule has 1 aliphatic heterocycles. The Morgan fingerprint density at radius 2 is 2.38 bits per heavy atom. The van der Waals surface area contributed by atoms with Crippen molar-refractivity contribution >= 4 is 29.0 Å². The predicted molar refractivity (Wildman–Crippen MR) is 61.1 cm³/mol. The van der Waals surface area contributed by atoms with Gasteiger partial charge in [-0.1, -0.05) is 11.6 Å². The number of nitrogens with zero attached hydrogens (tertiary/aromatic N) is 3. The number of ether oxygens (including phenoxy) is 1. The van der Waals surface area contributed by atoms with Crippen LogP contribution in [0.3, 0.4) is 0 Å².